The maximum absolute atomic E-state index is 10.6. The first kappa shape index (κ1) is 14.6. The fraction of sp³-hybridized carbons (Fsp3) is 0.462. The monoisotopic (exact) mass is 297 g/mol. The van der Waals surface area contributed by atoms with Gasteiger partial charge in [-0.2, -0.15) is 5.10 Å². The van der Waals surface area contributed by atoms with E-state index in [1.807, 2.05) is 13.8 Å². The van der Waals surface area contributed by atoms with Crippen LogP contribution in [0.1, 0.15) is 25.5 Å². The molecule has 0 amide bonds. The van der Waals surface area contributed by atoms with Crippen LogP contribution in [0, 0.1) is 6.92 Å². The van der Waals surface area contributed by atoms with E-state index in [9.17, 15) is 4.79 Å². The van der Waals surface area contributed by atoms with Crippen LogP contribution < -0.4 is 4.74 Å². The highest BCUT2D eigenvalue weighted by Gasteiger charge is 2.15. The summed E-state index contributed by atoms with van der Waals surface area (Å²) < 4.78 is 7.25. The van der Waals surface area contributed by atoms with E-state index < -0.39 is 5.97 Å². The Hall–Kier alpha value is -1.82. The van der Waals surface area contributed by atoms with Crippen molar-refractivity contribution < 1.29 is 14.6 Å². The van der Waals surface area contributed by atoms with Gasteiger partial charge in [0.1, 0.15) is 5.15 Å². The molecule has 1 N–H and O–H groups in total. The average Bonchev–Trinajstić information content (AvgIpc) is 2.66. The van der Waals surface area contributed by atoms with E-state index in [-0.39, 0.29) is 6.42 Å². The number of carbonyl (C=O) groups is 1. The molecule has 0 spiro atoms. The maximum Gasteiger partial charge on any atom is 0.303 e. The van der Waals surface area contributed by atoms with E-state index in [0.717, 1.165) is 16.6 Å². The molecule has 7 heteroatoms. The van der Waals surface area contributed by atoms with Gasteiger partial charge in [0.2, 0.25) is 5.88 Å². The normalized spacial score (nSPS) is 10.9. The van der Waals surface area contributed by atoms with Gasteiger partial charge in [-0.15, -0.1) is 0 Å². The zero-order valence-corrected chi connectivity index (χ0v) is 12.1. The molecule has 0 aromatic carbocycles. The third kappa shape index (κ3) is 3.01. The van der Waals surface area contributed by atoms with E-state index >= 15 is 0 Å². The largest absolute Gasteiger partial charge is 0.481 e. The number of carboxylic acid groups (broad SMARTS) is 1. The van der Waals surface area contributed by atoms with Crippen LogP contribution in [0.5, 0.6) is 5.88 Å². The number of nitrogens with zero attached hydrogens (tertiary/aromatic N) is 3. The van der Waals surface area contributed by atoms with Gasteiger partial charge in [-0.1, -0.05) is 11.6 Å². The van der Waals surface area contributed by atoms with E-state index in [4.69, 9.17) is 21.4 Å². The molecule has 0 saturated heterocycles. The molecule has 2 heterocycles. The summed E-state index contributed by atoms with van der Waals surface area (Å²) in [5, 5.41) is 14.3. The molecule has 0 radical (unpaired) electrons. The van der Waals surface area contributed by atoms with Crippen LogP contribution in [0.15, 0.2) is 6.07 Å². The van der Waals surface area contributed by atoms with E-state index in [1.54, 1.807) is 10.7 Å². The van der Waals surface area contributed by atoms with Gasteiger partial charge < -0.3 is 9.84 Å². The summed E-state index contributed by atoms with van der Waals surface area (Å²) in [5.74, 6) is -0.343. The molecule has 0 aliphatic rings. The summed E-state index contributed by atoms with van der Waals surface area (Å²) in [6.07, 6.45) is 0.618. The Morgan fingerprint density at radius 1 is 1.55 bits per heavy atom. The number of halogens is 1. The van der Waals surface area contributed by atoms with Crippen molar-refractivity contribution in [1.29, 1.82) is 0 Å². The molecule has 108 valence electrons. The van der Waals surface area contributed by atoms with Gasteiger partial charge in [0.25, 0.3) is 0 Å². The number of hydrogen-bond acceptors (Lipinski definition) is 4. The van der Waals surface area contributed by atoms with Crippen LogP contribution in [0.3, 0.4) is 0 Å². The number of fused-ring (bicyclic) bond motifs is 1. The standard InChI is InChI=1S/C13H16ClN3O3/c1-3-20-13-12-8(2)16-17(6-4-5-11(18)19)9(12)7-10(14)15-13/h7H,3-6H2,1-2H3,(H,18,19). The van der Waals surface area contributed by atoms with Crippen molar-refractivity contribution in [2.24, 2.45) is 0 Å². The fourth-order valence-electron chi connectivity index (χ4n) is 2.10. The first-order valence-corrected chi connectivity index (χ1v) is 6.79. The number of hydrogen-bond donors (Lipinski definition) is 1. The van der Waals surface area contributed by atoms with Crippen molar-refractivity contribution in [1.82, 2.24) is 14.8 Å². The molecule has 2 aromatic rings. The van der Waals surface area contributed by atoms with Crippen molar-refractivity contribution in [3.8, 4) is 5.88 Å². The summed E-state index contributed by atoms with van der Waals surface area (Å²) in [6, 6.07) is 1.72. The maximum atomic E-state index is 10.6. The second kappa shape index (κ2) is 6.09. The van der Waals surface area contributed by atoms with E-state index in [2.05, 4.69) is 10.1 Å². The SMILES string of the molecule is CCOc1nc(Cl)cc2c1c(C)nn2CCCC(=O)O. The Kier molecular flexibility index (Phi) is 4.44. The second-order valence-corrected chi connectivity index (χ2v) is 4.77. The molecule has 20 heavy (non-hydrogen) atoms. The molecule has 0 saturated carbocycles. The first-order chi connectivity index (χ1) is 9.52. The number of aryl methyl sites for hydroxylation is 2. The second-order valence-electron chi connectivity index (χ2n) is 4.38. The fourth-order valence-corrected chi connectivity index (χ4v) is 2.28. The summed E-state index contributed by atoms with van der Waals surface area (Å²) in [7, 11) is 0. The van der Waals surface area contributed by atoms with Crippen LogP contribution >= 0.6 is 11.6 Å². The van der Waals surface area contributed by atoms with Crippen molar-refractivity contribution >= 4 is 28.5 Å². The Bertz CT molecular complexity index is 639. The molecule has 0 fully saturated rings. The highest BCUT2D eigenvalue weighted by Crippen LogP contribution is 2.29. The van der Waals surface area contributed by atoms with Crippen molar-refractivity contribution in [3.63, 3.8) is 0 Å². The summed E-state index contributed by atoms with van der Waals surface area (Å²) in [6.45, 7) is 4.75. The van der Waals surface area contributed by atoms with Crippen LogP contribution in [0.4, 0.5) is 0 Å². The van der Waals surface area contributed by atoms with Crippen molar-refractivity contribution in [2.45, 2.75) is 33.2 Å². The minimum atomic E-state index is -0.812. The first-order valence-electron chi connectivity index (χ1n) is 6.41. The highest BCUT2D eigenvalue weighted by molar-refractivity contribution is 6.30. The minimum absolute atomic E-state index is 0.109. The molecule has 0 unspecified atom stereocenters. The molecule has 0 aliphatic heterocycles. The number of aliphatic carboxylic acids is 1. The van der Waals surface area contributed by atoms with Crippen LogP contribution in [-0.4, -0.2) is 32.4 Å². The topological polar surface area (TPSA) is 77.2 Å². The van der Waals surface area contributed by atoms with Gasteiger partial charge >= 0.3 is 5.97 Å². The van der Waals surface area contributed by atoms with Gasteiger partial charge in [-0.05, 0) is 20.3 Å². The molecule has 0 bridgehead atoms. The number of carboxylic acids is 1. The molecule has 2 rings (SSSR count). The highest BCUT2D eigenvalue weighted by atomic mass is 35.5. The molecule has 2 aromatic heterocycles. The number of aromatic nitrogens is 3. The van der Waals surface area contributed by atoms with Gasteiger partial charge in [0, 0.05) is 19.0 Å². The predicted octanol–water partition coefficient (Wildman–Crippen LogP) is 2.66. The zero-order valence-electron chi connectivity index (χ0n) is 11.4. The summed E-state index contributed by atoms with van der Waals surface area (Å²) >= 11 is 6.00. The Labute approximate surface area is 121 Å². The van der Waals surface area contributed by atoms with Crippen LogP contribution in [-0.2, 0) is 11.3 Å². The van der Waals surface area contributed by atoms with E-state index in [0.29, 0.717) is 30.6 Å². The average molecular weight is 298 g/mol. The number of rotatable bonds is 6. The zero-order chi connectivity index (χ0) is 14.7. The smallest absolute Gasteiger partial charge is 0.303 e. The minimum Gasteiger partial charge on any atom is -0.481 e. The molecule has 0 aliphatic carbocycles. The van der Waals surface area contributed by atoms with Crippen LogP contribution in [0.2, 0.25) is 5.15 Å². The lowest BCUT2D eigenvalue weighted by Crippen LogP contribution is -2.03. The number of pyridine rings is 1. The predicted molar refractivity (Wildman–Crippen MR) is 75.3 cm³/mol. The Morgan fingerprint density at radius 3 is 2.95 bits per heavy atom. The third-order valence-electron chi connectivity index (χ3n) is 2.89. The lowest BCUT2D eigenvalue weighted by atomic mass is 10.2. The van der Waals surface area contributed by atoms with Gasteiger partial charge in [0.05, 0.1) is 23.2 Å². The molecule has 0 atom stereocenters. The summed E-state index contributed by atoms with van der Waals surface area (Å²) in [4.78, 5) is 14.7. The molecular weight excluding hydrogens is 282 g/mol. The third-order valence-corrected chi connectivity index (χ3v) is 3.08. The lowest BCUT2D eigenvalue weighted by Gasteiger charge is -2.06. The van der Waals surface area contributed by atoms with Gasteiger partial charge in [0.15, 0.2) is 0 Å². The Morgan fingerprint density at radius 2 is 2.30 bits per heavy atom. The quantitative estimate of drug-likeness (QED) is 0.829. The number of ether oxygens (including phenoxy) is 1. The van der Waals surface area contributed by atoms with Crippen molar-refractivity contribution in [3.05, 3.63) is 16.9 Å². The van der Waals surface area contributed by atoms with Gasteiger partial charge in [-0.3, -0.25) is 9.48 Å². The van der Waals surface area contributed by atoms with Crippen molar-refractivity contribution in [2.75, 3.05) is 6.61 Å². The lowest BCUT2D eigenvalue weighted by molar-refractivity contribution is -0.137. The molecule has 6 nitrogen and oxygen atoms in total. The van der Waals surface area contributed by atoms with Crippen LogP contribution in [0.25, 0.3) is 10.9 Å². The summed E-state index contributed by atoms with van der Waals surface area (Å²) in [5.41, 5.74) is 1.61. The Balaban J connectivity index is 2.39. The van der Waals surface area contributed by atoms with E-state index in [1.165, 1.54) is 0 Å². The molecular formula is C13H16ClN3O3. The van der Waals surface area contributed by atoms with Gasteiger partial charge in [-0.25, -0.2) is 4.98 Å².